The van der Waals surface area contributed by atoms with E-state index < -0.39 is 23.7 Å². The predicted molar refractivity (Wildman–Crippen MR) is 97.5 cm³/mol. The van der Waals surface area contributed by atoms with Gasteiger partial charge in [-0.3, -0.25) is 4.90 Å². The molecule has 1 amide bonds. The van der Waals surface area contributed by atoms with Crippen molar-refractivity contribution in [2.24, 2.45) is 5.92 Å². The lowest BCUT2D eigenvalue weighted by molar-refractivity contribution is -0.149. The smallest absolute Gasteiger partial charge is 0.411 e. The molecule has 0 bridgehead atoms. The van der Waals surface area contributed by atoms with Crippen molar-refractivity contribution in [3.8, 4) is 0 Å². The maximum atomic E-state index is 12.5. The van der Waals surface area contributed by atoms with Gasteiger partial charge >= 0.3 is 12.1 Å². The highest BCUT2D eigenvalue weighted by Gasteiger charge is 2.40. The summed E-state index contributed by atoms with van der Waals surface area (Å²) in [6.45, 7) is 6.40. The van der Waals surface area contributed by atoms with Crippen molar-refractivity contribution in [2.45, 2.75) is 39.0 Å². The standard InChI is InChI=1S/C20H27NO5/c1-20(2,3)26-19(23)21-12-8-11-16(17(21)18(22)24-4)14-25-13-15-9-6-5-7-10-15/h5-11,16-17H,12-14H2,1-4H3/t16-,17-/m1/s1. The Bertz CT molecular complexity index is 635. The summed E-state index contributed by atoms with van der Waals surface area (Å²) in [5.74, 6) is -0.777. The summed E-state index contributed by atoms with van der Waals surface area (Å²) in [4.78, 5) is 26.2. The molecule has 0 saturated carbocycles. The summed E-state index contributed by atoms with van der Waals surface area (Å²) in [6.07, 6.45) is 3.21. The zero-order chi connectivity index (χ0) is 19.2. The van der Waals surface area contributed by atoms with E-state index in [-0.39, 0.29) is 5.92 Å². The minimum absolute atomic E-state index is 0.296. The summed E-state index contributed by atoms with van der Waals surface area (Å²) in [6, 6.07) is 9.01. The van der Waals surface area contributed by atoms with E-state index in [1.165, 1.54) is 12.0 Å². The van der Waals surface area contributed by atoms with Crippen LogP contribution in [0, 0.1) is 5.92 Å². The molecule has 26 heavy (non-hydrogen) atoms. The Labute approximate surface area is 154 Å². The van der Waals surface area contributed by atoms with Crippen LogP contribution in [-0.4, -0.2) is 48.9 Å². The molecule has 1 aliphatic heterocycles. The van der Waals surface area contributed by atoms with Crippen molar-refractivity contribution in [1.82, 2.24) is 4.90 Å². The van der Waals surface area contributed by atoms with Crippen LogP contribution in [0.25, 0.3) is 0 Å². The normalized spacial score (nSPS) is 19.9. The quantitative estimate of drug-likeness (QED) is 0.595. The minimum Gasteiger partial charge on any atom is -0.467 e. The molecule has 1 heterocycles. The molecule has 1 aliphatic rings. The van der Waals surface area contributed by atoms with Crippen molar-refractivity contribution in [2.75, 3.05) is 20.3 Å². The van der Waals surface area contributed by atoms with Gasteiger partial charge in [0.05, 0.1) is 20.3 Å². The SMILES string of the molecule is COC(=O)[C@H]1[C@@H](COCc2ccccc2)C=CCN1C(=O)OC(C)(C)C. The van der Waals surface area contributed by atoms with Crippen molar-refractivity contribution in [3.05, 3.63) is 48.0 Å². The number of ether oxygens (including phenoxy) is 3. The van der Waals surface area contributed by atoms with Crippen molar-refractivity contribution < 1.29 is 23.8 Å². The Hall–Kier alpha value is -2.34. The third-order valence-corrected chi connectivity index (χ3v) is 3.92. The topological polar surface area (TPSA) is 65.1 Å². The molecule has 0 radical (unpaired) electrons. The lowest BCUT2D eigenvalue weighted by Gasteiger charge is -2.37. The van der Waals surface area contributed by atoms with E-state index in [0.29, 0.717) is 19.8 Å². The fraction of sp³-hybridized carbons (Fsp3) is 0.500. The average Bonchev–Trinajstić information content (AvgIpc) is 2.60. The van der Waals surface area contributed by atoms with Crippen molar-refractivity contribution >= 4 is 12.1 Å². The molecular formula is C20H27NO5. The third kappa shape index (κ3) is 5.59. The van der Waals surface area contributed by atoms with E-state index in [4.69, 9.17) is 14.2 Å². The number of hydrogen-bond acceptors (Lipinski definition) is 5. The molecule has 0 saturated heterocycles. The van der Waals surface area contributed by atoms with Gasteiger partial charge in [0, 0.05) is 12.5 Å². The largest absolute Gasteiger partial charge is 0.467 e. The first-order valence-electron chi connectivity index (χ1n) is 8.67. The maximum Gasteiger partial charge on any atom is 0.411 e. The lowest BCUT2D eigenvalue weighted by Crippen LogP contribution is -2.53. The van der Waals surface area contributed by atoms with E-state index in [2.05, 4.69) is 0 Å². The zero-order valence-electron chi connectivity index (χ0n) is 15.8. The molecule has 6 nitrogen and oxygen atoms in total. The minimum atomic E-state index is -0.768. The fourth-order valence-corrected chi connectivity index (χ4v) is 2.76. The van der Waals surface area contributed by atoms with Gasteiger partial charge in [-0.05, 0) is 26.3 Å². The fourth-order valence-electron chi connectivity index (χ4n) is 2.76. The summed E-state index contributed by atoms with van der Waals surface area (Å²) in [5, 5.41) is 0. The average molecular weight is 361 g/mol. The van der Waals surface area contributed by atoms with E-state index in [1.807, 2.05) is 42.5 Å². The number of nitrogens with zero attached hydrogens (tertiary/aromatic N) is 1. The second-order valence-electron chi connectivity index (χ2n) is 7.19. The van der Waals surface area contributed by atoms with Crippen LogP contribution >= 0.6 is 0 Å². The molecule has 1 aromatic rings. The highest BCUT2D eigenvalue weighted by Crippen LogP contribution is 2.23. The summed E-state index contributed by atoms with van der Waals surface area (Å²) < 4.78 is 16.1. The molecule has 142 valence electrons. The number of hydrogen-bond donors (Lipinski definition) is 0. The van der Waals surface area contributed by atoms with Crippen LogP contribution in [-0.2, 0) is 25.6 Å². The van der Waals surface area contributed by atoms with E-state index >= 15 is 0 Å². The van der Waals surface area contributed by atoms with Gasteiger partial charge in [-0.25, -0.2) is 9.59 Å². The zero-order valence-corrected chi connectivity index (χ0v) is 15.8. The highest BCUT2D eigenvalue weighted by molar-refractivity contribution is 5.82. The number of methoxy groups -OCH3 is 1. The molecular weight excluding hydrogens is 334 g/mol. The Morgan fingerprint density at radius 3 is 2.50 bits per heavy atom. The predicted octanol–water partition coefficient (Wildman–Crippen LogP) is 3.17. The van der Waals surface area contributed by atoms with E-state index in [1.54, 1.807) is 20.8 Å². The van der Waals surface area contributed by atoms with Gasteiger partial charge < -0.3 is 14.2 Å². The van der Waals surface area contributed by atoms with E-state index in [0.717, 1.165) is 5.56 Å². The van der Waals surface area contributed by atoms with Gasteiger partial charge in [0.25, 0.3) is 0 Å². The van der Waals surface area contributed by atoms with Crippen LogP contribution in [0.15, 0.2) is 42.5 Å². The van der Waals surface area contributed by atoms with Gasteiger partial charge in [-0.2, -0.15) is 0 Å². The molecule has 1 aromatic carbocycles. The summed E-state index contributed by atoms with van der Waals surface area (Å²) in [5.41, 5.74) is 0.406. The number of rotatable bonds is 5. The Morgan fingerprint density at radius 1 is 1.19 bits per heavy atom. The number of carbonyl (C=O) groups is 2. The van der Waals surface area contributed by atoms with Gasteiger partial charge in [0.1, 0.15) is 11.6 Å². The molecule has 0 aromatic heterocycles. The van der Waals surface area contributed by atoms with Gasteiger partial charge in [0.2, 0.25) is 0 Å². The number of esters is 1. The highest BCUT2D eigenvalue weighted by atomic mass is 16.6. The molecule has 0 N–H and O–H groups in total. The van der Waals surface area contributed by atoms with Crippen molar-refractivity contribution in [1.29, 1.82) is 0 Å². The van der Waals surface area contributed by atoms with Gasteiger partial charge in [0.15, 0.2) is 0 Å². The molecule has 6 heteroatoms. The molecule has 2 rings (SSSR count). The van der Waals surface area contributed by atoms with Crippen LogP contribution in [0.5, 0.6) is 0 Å². The molecule has 0 unspecified atom stereocenters. The van der Waals surface area contributed by atoms with Crippen LogP contribution in [0.4, 0.5) is 4.79 Å². The first kappa shape index (κ1) is 20.0. The van der Waals surface area contributed by atoms with Gasteiger partial charge in [-0.15, -0.1) is 0 Å². The Morgan fingerprint density at radius 2 is 1.88 bits per heavy atom. The first-order chi connectivity index (χ1) is 12.3. The van der Waals surface area contributed by atoms with Crippen LogP contribution < -0.4 is 0 Å². The molecule has 2 atom stereocenters. The second-order valence-corrected chi connectivity index (χ2v) is 7.19. The van der Waals surface area contributed by atoms with E-state index in [9.17, 15) is 9.59 Å². The van der Waals surface area contributed by atoms with Crippen molar-refractivity contribution in [3.63, 3.8) is 0 Å². The van der Waals surface area contributed by atoms with Crippen LogP contribution in [0.1, 0.15) is 26.3 Å². The number of amides is 1. The molecule has 0 fully saturated rings. The number of benzene rings is 1. The monoisotopic (exact) mass is 361 g/mol. The first-order valence-corrected chi connectivity index (χ1v) is 8.67. The van der Waals surface area contributed by atoms with Crippen LogP contribution in [0.2, 0.25) is 0 Å². The van der Waals surface area contributed by atoms with Gasteiger partial charge in [-0.1, -0.05) is 42.5 Å². The second kappa shape index (κ2) is 8.85. The maximum absolute atomic E-state index is 12.5. The molecule has 0 aliphatic carbocycles. The molecule has 0 spiro atoms. The lowest BCUT2D eigenvalue weighted by atomic mass is 9.95. The Balaban J connectivity index is 2.06. The van der Waals surface area contributed by atoms with Crippen LogP contribution in [0.3, 0.4) is 0 Å². The number of carbonyl (C=O) groups excluding carboxylic acids is 2. The summed E-state index contributed by atoms with van der Waals surface area (Å²) in [7, 11) is 1.32. The summed E-state index contributed by atoms with van der Waals surface area (Å²) >= 11 is 0. The third-order valence-electron chi connectivity index (χ3n) is 3.92. The Kier molecular flexibility index (Phi) is 6.80.